The monoisotopic (exact) mass is 650 g/mol. The fraction of sp³-hybridized carbons (Fsp3) is 0. The van der Waals surface area contributed by atoms with Gasteiger partial charge in [0.1, 0.15) is 0 Å². The summed E-state index contributed by atoms with van der Waals surface area (Å²) in [7, 11) is 0. The van der Waals surface area contributed by atoms with Gasteiger partial charge >= 0.3 is 0 Å². The maximum atomic E-state index is 4.93. The van der Waals surface area contributed by atoms with Gasteiger partial charge in [-0.3, -0.25) is 4.98 Å². The summed E-state index contributed by atoms with van der Waals surface area (Å²) in [5, 5.41) is 6.06. The summed E-state index contributed by atoms with van der Waals surface area (Å²) in [5.74, 6) is 0. The SMILES string of the molecule is c1ccc(-c2ccc(-n3c4ccccc4c4ccc5c6ccccc6n(-c6ccc7c(c6)c6ncccc6n7-c6ccccc6)c5c43)cc2)cc1. The molecule has 0 spiro atoms. The lowest BCUT2D eigenvalue weighted by atomic mass is 10.1. The van der Waals surface area contributed by atoms with E-state index in [1.54, 1.807) is 0 Å². The molecule has 7 aromatic carbocycles. The second-order valence-corrected chi connectivity index (χ2v) is 13.2. The maximum absolute atomic E-state index is 4.93. The number of fused-ring (bicyclic) bond motifs is 10. The summed E-state index contributed by atoms with van der Waals surface area (Å²) in [6.45, 7) is 0. The highest BCUT2D eigenvalue weighted by Crippen LogP contribution is 2.42. The molecule has 4 aromatic heterocycles. The van der Waals surface area contributed by atoms with Crippen molar-refractivity contribution in [2.24, 2.45) is 0 Å². The first-order valence-corrected chi connectivity index (χ1v) is 17.4. The Morgan fingerprint density at radius 3 is 1.51 bits per heavy atom. The van der Waals surface area contributed by atoms with Crippen LogP contribution in [0.25, 0.3) is 93.7 Å². The van der Waals surface area contributed by atoms with Crippen LogP contribution in [-0.4, -0.2) is 18.7 Å². The van der Waals surface area contributed by atoms with Gasteiger partial charge < -0.3 is 13.7 Å². The summed E-state index contributed by atoms with van der Waals surface area (Å²) >= 11 is 0. The van der Waals surface area contributed by atoms with Crippen LogP contribution in [0.15, 0.2) is 182 Å². The lowest BCUT2D eigenvalue weighted by molar-refractivity contribution is 1.15. The third kappa shape index (κ3) is 4.05. The molecular weight excluding hydrogens is 621 g/mol. The van der Waals surface area contributed by atoms with Gasteiger partial charge in [0, 0.05) is 50.2 Å². The van der Waals surface area contributed by atoms with Gasteiger partial charge in [-0.25, -0.2) is 0 Å². The first-order chi connectivity index (χ1) is 25.3. The third-order valence-corrected chi connectivity index (χ3v) is 10.5. The van der Waals surface area contributed by atoms with Gasteiger partial charge in [0.2, 0.25) is 0 Å². The van der Waals surface area contributed by atoms with E-state index in [-0.39, 0.29) is 0 Å². The Balaban J connectivity index is 1.24. The second-order valence-electron chi connectivity index (χ2n) is 13.2. The van der Waals surface area contributed by atoms with Gasteiger partial charge in [0.25, 0.3) is 0 Å². The molecule has 0 aliphatic rings. The summed E-state index contributed by atoms with van der Waals surface area (Å²) < 4.78 is 7.25. The highest BCUT2D eigenvalue weighted by molar-refractivity contribution is 6.24. The lowest BCUT2D eigenvalue weighted by Crippen LogP contribution is -1.99. The molecule has 0 saturated carbocycles. The molecule has 0 N–H and O–H groups in total. The topological polar surface area (TPSA) is 27.7 Å². The quantitative estimate of drug-likeness (QED) is 0.186. The molecule has 0 amide bonds. The number of nitrogens with zero attached hydrogens (tertiary/aromatic N) is 4. The molecule has 0 radical (unpaired) electrons. The second kappa shape index (κ2) is 10.8. The number of aromatic nitrogens is 4. The Hall–Kier alpha value is -6.91. The van der Waals surface area contributed by atoms with Crippen LogP contribution in [0.5, 0.6) is 0 Å². The van der Waals surface area contributed by atoms with Crippen LogP contribution >= 0.6 is 0 Å². The molecule has 11 aromatic rings. The Morgan fingerprint density at radius 2 is 0.824 bits per heavy atom. The lowest BCUT2D eigenvalue weighted by Gasteiger charge is -2.13. The largest absolute Gasteiger partial charge is 0.308 e. The summed E-state index contributed by atoms with van der Waals surface area (Å²) in [5.41, 5.74) is 13.8. The van der Waals surface area contributed by atoms with Gasteiger partial charge in [0.05, 0.1) is 38.6 Å². The van der Waals surface area contributed by atoms with E-state index in [9.17, 15) is 0 Å². The number of hydrogen-bond donors (Lipinski definition) is 0. The van der Waals surface area contributed by atoms with Crippen LogP contribution < -0.4 is 0 Å². The van der Waals surface area contributed by atoms with Crippen molar-refractivity contribution in [2.45, 2.75) is 0 Å². The molecule has 51 heavy (non-hydrogen) atoms. The summed E-state index contributed by atoms with van der Waals surface area (Å²) in [6.07, 6.45) is 1.90. The highest BCUT2D eigenvalue weighted by atomic mass is 15.0. The molecule has 0 saturated heterocycles. The zero-order valence-electron chi connectivity index (χ0n) is 27.6. The molecule has 0 bridgehead atoms. The molecule has 4 heteroatoms. The molecule has 0 aliphatic carbocycles. The van der Waals surface area contributed by atoms with Gasteiger partial charge in [-0.15, -0.1) is 0 Å². The Kier molecular flexibility index (Phi) is 5.92. The van der Waals surface area contributed by atoms with Crippen molar-refractivity contribution in [2.75, 3.05) is 0 Å². The number of pyridine rings is 1. The predicted octanol–water partition coefficient (Wildman–Crippen LogP) is 12.0. The van der Waals surface area contributed by atoms with Crippen molar-refractivity contribution in [3.05, 3.63) is 182 Å². The first kappa shape index (κ1) is 28.0. The van der Waals surface area contributed by atoms with Gasteiger partial charge in [-0.05, 0) is 77.9 Å². The number of para-hydroxylation sites is 3. The van der Waals surface area contributed by atoms with E-state index < -0.39 is 0 Å². The van der Waals surface area contributed by atoms with Crippen molar-refractivity contribution in [1.29, 1.82) is 0 Å². The molecule has 238 valence electrons. The van der Waals surface area contributed by atoms with Crippen molar-refractivity contribution in [3.63, 3.8) is 0 Å². The van der Waals surface area contributed by atoms with Gasteiger partial charge in [-0.1, -0.05) is 109 Å². The molecule has 0 atom stereocenters. The van der Waals surface area contributed by atoms with Crippen LogP contribution in [0.3, 0.4) is 0 Å². The molecule has 4 heterocycles. The van der Waals surface area contributed by atoms with E-state index in [1.807, 2.05) is 12.3 Å². The number of benzene rings is 7. The van der Waals surface area contributed by atoms with E-state index in [2.05, 4.69) is 184 Å². The summed E-state index contributed by atoms with van der Waals surface area (Å²) in [4.78, 5) is 4.93. The van der Waals surface area contributed by atoms with Crippen LogP contribution in [0.4, 0.5) is 0 Å². The molecule has 0 fully saturated rings. The van der Waals surface area contributed by atoms with Crippen LogP contribution in [-0.2, 0) is 0 Å². The minimum absolute atomic E-state index is 0.997. The van der Waals surface area contributed by atoms with E-state index in [4.69, 9.17) is 4.98 Å². The van der Waals surface area contributed by atoms with E-state index in [0.717, 1.165) is 39.0 Å². The molecular formula is C47H30N4. The molecule has 0 unspecified atom stereocenters. The van der Waals surface area contributed by atoms with Crippen LogP contribution in [0, 0.1) is 0 Å². The molecule has 4 nitrogen and oxygen atoms in total. The van der Waals surface area contributed by atoms with Gasteiger partial charge in [-0.2, -0.15) is 0 Å². The Bertz CT molecular complexity index is 3110. The van der Waals surface area contributed by atoms with Crippen LogP contribution in [0.2, 0.25) is 0 Å². The van der Waals surface area contributed by atoms with Crippen molar-refractivity contribution in [3.8, 4) is 28.2 Å². The van der Waals surface area contributed by atoms with E-state index in [1.165, 1.54) is 54.7 Å². The maximum Gasteiger partial charge on any atom is 0.0964 e. The number of rotatable bonds is 4. The van der Waals surface area contributed by atoms with Gasteiger partial charge in [0.15, 0.2) is 0 Å². The van der Waals surface area contributed by atoms with Crippen LogP contribution in [0.1, 0.15) is 0 Å². The summed E-state index contributed by atoms with van der Waals surface area (Å²) in [6, 6.07) is 63.4. The van der Waals surface area contributed by atoms with Crippen molar-refractivity contribution < 1.29 is 0 Å². The normalized spacial score (nSPS) is 11.9. The fourth-order valence-electron chi connectivity index (χ4n) is 8.29. The standard InChI is InChI=1S/C47H30N4/c1-3-12-31(13-4-1)32-21-23-34(24-22-32)50-41-18-9-7-16-36(41)38-26-27-39-37-17-8-10-19-42(37)51(47(39)46(38)50)35-25-28-43-40(30-35)45-44(20-11-29-48-45)49(43)33-14-5-2-6-15-33/h1-30H. The first-order valence-electron chi connectivity index (χ1n) is 17.4. The zero-order valence-corrected chi connectivity index (χ0v) is 27.6. The van der Waals surface area contributed by atoms with Crippen molar-refractivity contribution >= 4 is 65.5 Å². The zero-order chi connectivity index (χ0) is 33.5. The third-order valence-electron chi connectivity index (χ3n) is 10.5. The fourth-order valence-corrected chi connectivity index (χ4v) is 8.29. The smallest absolute Gasteiger partial charge is 0.0964 e. The van der Waals surface area contributed by atoms with E-state index >= 15 is 0 Å². The average molecular weight is 651 g/mol. The predicted molar refractivity (Wildman–Crippen MR) is 213 cm³/mol. The molecule has 11 rings (SSSR count). The average Bonchev–Trinajstić information content (AvgIpc) is 3.84. The number of hydrogen-bond acceptors (Lipinski definition) is 1. The Labute approximate surface area is 293 Å². The highest BCUT2D eigenvalue weighted by Gasteiger charge is 2.22. The minimum Gasteiger partial charge on any atom is -0.308 e. The molecule has 0 aliphatic heterocycles. The minimum atomic E-state index is 0.997. The van der Waals surface area contributed by atoms with E-state index in [0.29, 0.717) is 0 Å². The Morgan fingerprint density at radius 1 is 0.314 bits per heavy atom. The van der Waals surface area contributed by atoms with Crippen molar-refractivity contribution in [1.82, 2.24) is 18.7 Å².